The maximum Gasteiger partial charge on any atom is 0.258 e. The molecule has 0 aliphatic rings. The SMILES string of the molecule is Cc1ccc(-c2csc(NC(=O)c3cc(C)sc3C)n2)s1. The highest BCUT2D eigenvalue weighted by atomic mass is 32.1. The molecule has 108 valence electrons. The van der Waals surface area contributed by atoms with Crippen LogP contribution in [0.4, 0.5) is 5.13 Å². The van der Waals surface area contributed by atoms with Gasteiger partial charge in [-0.15, -0.1) is 34.0 Å². The van der Waals surface area contributed by atoms with Gasteiger partial charge in [0.1, 0.15) is 0 Å². The van der Waals surface area contributed by atoms with Crippen molar-refractivity contribution >= 4 is 45.0 Å². The first-order valence-corrected chi connectivity index (χ1v) is 8.95. The molecule has 1 amide bonds. The lowest BCUT2D eigenvalue weighted by Crippen LogP contribution is -2.11. The van der Waals surface area contributed by atoms with Crippen LogP contribution in [0.25, 0.3) is 10.6 Å². The van der Waals surface area contributed by atoms with Crippen molar-refractivity contribution in [2.24, 2.45) is 0 Å². The monoisotopic (exact) mass is 334 g/mol. The minimum atomic E-state index is -0.0832. The molecule has 6 heteroatoms. The summed E-state index contributed by atoms with van der Waals surface area (Å²) in [6.07, 6.45) is 0. The summed E-state index contributed by atoms with van der Waals surface area (Å²) in [4.78, 5) is 21.3. The van der Waals surface area contributed by atoms with Crippen molar-refractivity contribution in [2.75, 3.05) is 5.32 Å². The fourth-order valence-electron chi connectivity index (χ4n) is 2.04. The highest BCUT2D eigenvalue weighted by Gasteiger charge is 2.14. The van der Waals surface area contributed by atoms with Gasteiger partial charge in [-0.1, -0.05) is 0 Å². The van der Waals surface area contributed by atoms with E-state index < -0.39 is 0 Å². The van der Waals surface area contributed by atoms with Gasteiger partial charge in [-0.05, 0) is 39.0 Å². The van der Waals surface area contributed by atoms with Gasteiger partial charge in [-0.2, -0.15) is 0 Å². The molecule has 0 aliphatic heterocycles. The van der Waals surface area contributed by atoms with Gasteiger partial charge in [-0.25, -0.2) is 4.98 Å². The average Bonchev–Trinajstić information content (AvgIpc) is 3.10. The number of hydrogen-bond acceptors (Lipinski definition) is 5. The second kappa shape index (κ2) is 5.71. The number of amides is 1. The second-order valence-corrected chi connectivity index (χ2v) is 8.34. The van der Waals surface area contributed by atoms with Gasteiger partial charge in [0.15, 0.2) is 5.13 Å². The quantitative estimate of drug-likeness (QED) is 0.723. The topological polar surface area (TPSA) is 42.0 Å². The number of aryl methyl sites for hydroxylation is 3. The molecule has 0 atom stereocenters. The Morgan fingerprint density at radius 1 is 1.14 bits per heavy atom. The maximum atomic E-state index is 12.3. The van der Waals surface area contributed by atoms with Crippen LogP contribution < -0.4 is 5.32 Å². The standard InChI is InChI=1S/C15H14N2OS3/c1-8-4-5-13(21-8)12-7-19-15(16-12)17-14(18)11-6-9(2)20-10(11)3/h4-7H,1-3H3,(H,16,17,18). The van der Waals surface area contributed by atoms with Gasteiger partial charge in [0.25, 0.3) is 5.91 Å². The van der Waals surface area contributed by atoms with Crippen molar-refractivity contribution in [3.05, 3.63) is 43.8 Å². The first kappa shape index (κ1) is 14.4. The summed E-state index contributed by atoms with van der Waals surface area (Å²) in [5.41, 5.74) is 1.66. The Labute approximate surface area is 135 Å². The van der Waals surface area contributed by atoms with E-state index in [0.29, 0.717) is 5.13 Å². The van der Waals surface area contributed by atoms with Gasteiger partial charge < -0.3 is 0 Å². The molecule has 3 rings (SSSR count). The molecule has 0 radical (unpaired) electrons. The number of aromatic nitrogens is 1. The van der Waals surface area contributed by atoms with Crippen LogP contribution in [-0.2, 0) is 0 Å². The van der Waals surface area contributed by atoms with E-state index in [4.69, 9.17) is 0 Å². The third-order valence-corrected chi connectivity index (χ3v) is 5.75. The van der Waals surface area contributed by atoms with E-state index in [1.807, 2.05) is 25.3 Å². The summed E-state index contributed by atoms with van der Waals surface area (Å²) in [5.74, 6) is -0.0832. The number of hydrogen-bond donors (Lipinski definition) is 1. The Bertz CT molecular complexity index is 798. The molecule has 3 aromatic rings. The smallest absolute Gasteiger partial charge is 0.258 e. The lowest BCUT2D eigenvalue weighted by atomic mass is 10.2. The van der Waals surface area contributed by atoms with Gasteiger partial charge >= 0.3 is 0 Å². The summed E-state index contributed by atoms with van der Waals surface area (Å²) < 4.78 is 0. The predicted octanol–water partition coefficient (Wildman–Crippen LogP) is 5.11. The van der Waals surface area contributed by atoms with Crippen LogP contribution in [0.5, 0.6) is 0 Å². The van der Waals surface area contributed by atoms with Gasteiger partial charge in [0.05, 0.1) is 16.1 Å². The molecule has 0 unspecified atom stereocenters. The van der Waals surface area contributed by atoms with Crippen molar-refractivity contribution in [1.82, 2.24) is 4.98 Å². The van der Waals surface area contributed by atoms with Gasteiger partial charge in [-0.3, -0.25) is 10.1 Å². The third-order valence-electron chi connectivity index (χ3n) is 3.00. The number of anilines is 1. The number of nitrogens with zero attached hydrogens (tertiary/aromatic N) is 1. The number of nitrogens with one attached hydrogen (secondary N) is 1. The first-order chi connectivity index (χ1) is 10.0. The summed E-state index contributed by atoms with van der Waals surface area (Å²) in [7, 11) is 0. The van der Waals surface area contributed by atoms with E-state index in [9.17, 15) is 4.79 Å². The molecule has 3 aromatic heterocycles. The van der Waals surface area contributed by atoms with Gasteiger partial charge in [0, 0.05) is 20.0 Å². The minimum Gasteiger partial charge on any atom is -0.298 e. The zero-order valence-electron chi connectivity index (χ0n) is 11.9. The Morgan fingerprint density at radius 3 is 2.57 bits per heavy atom. The van der Waals surface area contributed by atoms with E-state index in [2.05, 4.69) is 29.4 Å². The molecule has 0 aromatic carbocycles. The lowest BCUT2D eigenvalue weighted by Gasteiger charge is -2.00. The largest absolute Gasteiger partial charge is 0.298 e. The molecule has 3 nitrogen and oxygen atoms in total. The van der Waals surface area contributed by atoms with Crippen LogP contribution in [0.1, 0.15) is 25.0 Å². The summed E-state index contributed by atoms with van der Waals surface area (Å²) in [6, 6.07) is 6.06. The molecule has 0 aliphatic carbocycles. The van der Waals surface area contributed by atoms with E-state index in [-0.39, 0.29) is 5.91 Å². The first-order valence-electron chi connectivity index (χ1n) is 6.43. The van der Waals surface area contributed by atoms with E-state index in [1.54, 1.807) is 22.7 Å². The number of carbonyl (C=O) groups excluding carboxylic acids is 1. The molecule has 3 heterocycles. The molecule has 0 fully saturated rings. The number of thiazole rings is 1. The molecule has 0 spiro atoms. The van der Waals surface area contributed by atoms with Crippen molar-refractivity contribution < 1.29 is 4.79 Å². The molecular weight excluding hydrogens is 320 g/mol. The molecular formula is C15H14N2OS3. The number of carbonyl (C=O) groups is 1. The van der Waals surface area contributed by atoms with Crippen LogP contribution >= 0.6 is 34.0 Å². The Morgan fingerprint density at radius 2 is 1.95 bits per heavy atom. The van der Waals surface area contributed by atoms with E-state index in [0.717, 1.165) is 25.9 Å². The maximum absolute atomic E-state index is 12.3. The highest BCUT2D eigenvalue weighted by molar-refractivity contribution is 7.17. The summed E-state index contributed by atoms with van der Waals surface area (Å²) in [5, 5.41) is 5.51. The molecule has 0 saturated carbocycles. The lowest BCUT2D eigenvalue weighted by molar-refractivity contribution is 0.102. The minimum absolute atomic E-state index is 0.0832. The fraction of sp³-hybridized carbons (Fsp3) is 0.200. The Hall–Kier alpha value is -1.50. The van der Waals surface area contributed by atoms with Crippen LogP contribution in [0.2, 0.25) is 0 Å². The van der Waals surface area contributed by atoms with Crippen molar-refractivity contribution in [1.29, 1.82) is 0 Å². The summed E-state index contributed by atoms with van der Waals surface area (Å²) in [6.45, 7) is 6.05. The number of thiophene rings is 2. The van der Waals surface area contributed by atoms with Crippen LogP contribution in [-0.4, -0.2) is 10.9 Å². The predicted molar refractivity (Wildman–Crippen MR) is 91.9 cm³/mol. The highest BCUT2D eigenvalue weighted by Crippen LogP contribution is 2.31. The van der Waals surface area contributed by atoms with Crippen LogP contribution in [0.15, 0.2) is 23.6 Å². The number of rotatable bonds is 3. The Kier molecular flexibility index (Phi) is 3.93. The van der Waals surface area contributed by atoms with E-state index in [1.165, 1.54) is 16.2 Å². The van der Waals surface area contributed by atoms with Gasteiger partial charge in [0.2, 0.25) is 0 Å². The molecule has 0 bridgehead atoms. The molecule has 1 N–H and O–H groups in total. The van der Waals surface area contributed by atoms with Crippen molar-refractivity contribution in [3.8, 4) is 10.6 Å². The zero-order valence-corrected chi connectivity index (χ0v) is 14.3. The van der Waals surface area contributed by atoms with Crippen LogP contribution in [0, 0.1) is 20.8 Å². The fourth-order valence-corrected chi connectivity index (χ4v) is 4.57. The summed E-state index contributed by atoms with van der Waals surface area (Å²) >= 11 is 4.80. The van der Waals surface area contributed by atoms with Crippen LogP contribution in [0.3, 0.4) is 0 Å². The van der Waals surface area contributed by atoms with Crippen molar-refractivity contribution in [3.63, 3.8) is 0 Å². The second-order valence-electron chi connectivity index (χ2n) is 4.73. The third kappa shape index (κ3) is 3.07. The Balaban J connectivity index is 1.78. The molecule has 0 saturated heterocycles. The average molecular weight is 334 g/mol. The zero-order chi connectivity index (χ0) is 15.0. The molecule has 21 heavy (non-hydrogen) atoms. The van der Waals surface area contributed by atoms with Crippen molar-refractivity contribution in [2.45, 2.75) is 20.8 Å². The normalized spacial score (nSPS) is 10.8. The van der Waals surface area contributed by atoms with E-state index >= 15 is 0 Å².